The van der Waals surface area contributed by atoms with Crippen molar-refractivity contribution < 1.29 is 0 Å². The zero-order chi connectivity index (χ0) is 11.1. The third-order valence-corrected chi connectivity index (χ3v) is 2.98. The summed E-state index contributed by atoms with van der Waals surface area (Å²) in [5.74, 6) is 2.51. The SMILES string of the molecule is NC(N)=NC(N)=NCCN1CCSCC1. The van der Waals surface area contributed by atoms with E-state index in [0.717, 1.165) is 19.6 Å². The van der Waals surface area contributed by atoms with Crippen molar-refractivity contribution >= 4 is 23.7 Å². The molecule has 0 aliphatic carbocycles. The lowest BCUT2D eigenvalue weighted by atomic mass is 10.4. The fraction of sp³-hybridized carbons (Fsp3) is 0.750. The Balaban J connectivity index is 2.21. The van der Waals surface area contributed by atoms with Gasteiger partial charge in [0.15, 0.2) is 5.96 Å². The summed E-state index contributed by atoms with van der Waals surface area (Å²) in [5.41, 5.74) is 15.8. The smallest absolute Gasteiger partial charge is 0.218 e. The minimum atomic E-state index is -0.0503. The van der Waals surface area contributed by atoms with Gasteiger partial charge in [0.25, 0.3) is 0 Å². The molecule has 1 rings (SSSR count). The zero-order valence-electron chi connectivity index (χ0n) is 8.72. The predicted molar refractivity (Wildman–Crippen MR) is 66.1 cm³/mol. The van der Waals surface area contributed by atoms with Gasteiger partial charge in [-0.25, -0.2) is 0 Å². The van der Waals surface area contributed by atoms with E-state index in [9.17, 15) is 0 Å². The van der Waals surface area contributed by atoms with E-state index >= 15 is 0 Å². The number of hydrogen-bond donors (Lipinski definition) is 3. The molecule has 1 aliphatic rings. The largest absolute Gasteiger partial charge is 0.370 e. The number of hydrogen-bond acceptors (Lipinski definition) is 3. The Labute approximate surface area is 94.0 Å². The molecule has 0 aromatic carbocycles. The molecule has 1 heterocycles. The lowest BCUT2D eigenvalue weighted by molar-refractivity contribution is 0.311. The second-order valence-electron chi connectivity index (χ2n) is 3.23. The van der Waals surface area contributed by atoms with E-state index in [-0.39, 0.29) is 11.9 Å². The Morgan fingerprint density at radius 3 is 2.47 bits per heavy atom. The second kappa shape index (κ2) is 6.52. The van der Waals surface area contributed by atoms with E-state index in [0.29, 0.717) is 6.54 Å². The van der Waals surface area contributed by atoms with Gasteiger partial charge in [0, 0.05) is 31.1 Å². The van der Waals surface area contributed by atoms with Crippen molar-refractivity contribution in [2.75, 3.05) is 37.7 Å². The van der Waals surface area contributed by atoms with Gasteiger partial charge in [0.2, 0.25) is 5.96 Å². The van der Waals surface area contributed by atoms with Gasteiger partial charge in [-0.15, -0.1) is 0 Å². The van der Waals surface area contributed by atoms with Crippen LogP contribution in [-0.4, -0.2) is 54.5 Å². The van der Waals surface area contributed by atoms with Crippen LogP contribution in [0.15, 0.2) is 9.98 Å². The number of guanidine groups is 2. The van der Waals surface area contributed by atoms with Crippen LogP contribution in [0.5, 0.6) is 0 Å². The first-order valence-electron chi connectivity index (χ1n) is 4.88. The van der Waals surface area contributed by atoms with Gasteiger partial charge >= 0.3 is 0 Å². The molecule has 7 heteroatoms. The lowest BCUT2D eigenvalue weighted by Gasteiger charge is -2.25. The molecule has 6 nitrogen and oxygen atoms in total. The summed E-state index contributed by atoms with van der Waals surface area (Å²) in [7, 11) is 0. The van der Waals surface area contributed by atoms with Crippen molar-refractivity contribution in [3.8, 4) is 0 Å². The molecule has 6 N–H and O–H groups in total. The maximum Gasteiger partial charge on any atom is 0.218 e. The lowest BCUT2D eigenvalue weighted by Crippen LogP contribution is -2.34. The van der Waals surface area contributed by atoms with Crippen LogP contribution >= 0.6 is 11.8 Å². The molecule has 0 spiro atoms. The van der Waals surface area contributed by atoms with Crippen LogP contribution in [0.2, 0.25) is 0 Å². The van der Waals surface area contributed by atoms with E-state index < -0.39 is 0 Å². The van der Waals surface area contributed by atoms with Gasteiger partial charge in [0.05, 0.1) is 6.54 Å². The molecule has 1 aliphatic heterocycles. The average molecular weight is 230 g/mol. The van der Waals surface area contributed by atoms with Crippen LogP contribution in [0.1, 0.15) is 0 Å². The number of nitrogens with two attached hydrogens (primary N) is 3. The maximum absolute atomic E-state index is 5.47. The number of rotatable bonds is 3. The van der Waals surface area contributed by atoms with Gasteiger partial charge in [-0.2, -0.15) is 16.8 Å². The normalized spacial score (nSPS) is 18.8. The minimum Gasteiger partial charge on any atom is -0.370 e. The molecule has 1 fully saturated rings. The summed E-state index contributed by atoms with van der Waals surface area (Å²) < 4.78 is 0. The van der Waals surface area contributed by atoms with Crippen LogP contribution in [-0.2, 0) is 0 Å². The fourth-order valence-electron chi connectivity index (χ4n) is 1.30. The number of aliphatic imine (C=N–C) groups is 2. The average Bonchev–Trinajstić information content (AvgIpc) is 2.18. The van der Waals surface area contributed by atoms with E-state index in [1.165, 1.54) is 11.5 Å². The standard InChI is InChI=1S/C8H18N6S/c9-7(10)13-8(11)12-1-2-14-3-5-15-6-4-14/h1-6H2,(H6,9,10,11,12,13). The van der Waals surface area contributed by atoms with Gasteiger partial charge < -0.3 is 17.2 Å². The summed E-state index contributed by atoms with van der Waals surface area (Å²) in [6.45, 7) is 3.82. The van der Waals surface area contributed by atoms with Crippen LogP contribution < -0.4 is 17.2 Å². The maximum atomic E-state index is 5.47. The molecule has 0 atom stereocenters. The zero-order valence-corrected chi connectivity index (χ0v) is 9.54. The molecule has 0 saturated carbocycles. The van der Waals surface area contributed by atoms with Gasteiger partial charge in [-0.05, 0) is 0 Å². The predicted octanol–water partition coefficient (Wildman–Crippen LogP) is -1.38. The molecule has 86 valence electrons. The molecule has 0 unspecified atom stereocenters. The molecule has 0 amide bonds. The molecular formula is C8H18N6S. The van der Waals surface area contributed by atoms with Crippen LogP contribution in [0, 0.1) is 0 Å². The van der Waals surface area contributed by atoms with E-state index in [1.54, 1.807) is 0 Å². The molecular weight excluding hydrogens is 212 g/mol. The summed E-state index contributed by atoms with van der Waals surface area (Å²) in [4.78, 5) is 10.1. The third kappa shape index (κ3) is 5.48. The number of thioether (sulfide) groups is 1. The fourth-order valence-corrected chi connectivity index (χ4v) is 2.28. The molecule has 0 aromatic heterocycles. The second-order valence-corrected chi connectivity index (χ2v) is 4.46. The van der Waals surface area contributed by atoms with Crippen LogP contribution in [0.3, 0.4) is 0 Å². The van der Waals surface area contributed by atoms with E-state index in [4.69, 9.17) is 17.2 Å². The van der Waals surface area contributed by atoms with Gasteiger partial charge in [0.1, 0.15) is 0 Å². The third-order valence-electron chi connectivity index (χ3n) is 2.04. The van der Waals surface area contributed by atoms with Crippen molar-refractivity contribution in [3.63, 3.8) is 0 Å². The van der Waals surface area contributed by atoms with Crippen molar-refractivity contribution in [2.24, 2.45) is 27.2 Å². The Kier molecular flexibility index (Phi) is 5.27. The van der Waals surface area contributed by atoms with Crippen molar-refractivity contribution in [1.82, 2.24) is 4.90 Å². The molecule has 0 bridgehead atoms. The summed E-state index contributed by atoms with van der Waals surface area (Å²) in [5, 5.41) is 0. The van der Waals surface area contributed by atoms with Crippen molar-refractivity contribution in [2.45, 2.75) is 0 Å². The first-order chi connectivity index (χ1) is 7.18. The van der Waals surface area contributed by atoms with E-state index in [2.05, 4.69) is 14.9 Å². The molecule has 0 radical (unpaired) electrons. The minimum absolute atomic E-state index is 0.0503. The van der Waals surface area contributed by atoms with Gasteiger partial charge in [-0.1, -0.05) is 0 Å². The topological polar surface area (TPSA) is 106 Å². The first-order valence-corrected chi connectivity index (χ1v) is 6.03. The Hall–Kier alpha value is -0.950. The highest BCUT2D eigenvalue weighted by Gasteiger charge is 2.08. The highest BCUT2D eigenvalue weighted by molar-refractivity contribution is 7.99. The summed E-state index contributed by atoms with van der Waals surface area (Å²) in [6, 6.07) is 0. The number of nitrogens with zero attached hydrogens (tertiary/aromatic N) is 3. The Morgan fingerprint density at radius 1 is 1.20 bits per heavy atom. The summed E-state index contributed by atoms with van der Waals surface area (Å²) >= 11 is 1.99. The summed E-state index contributed by atoms with van der Waals surface area (Å²) in [6.07, 6.45) is 0. The Bertz CT molecular complexity index is 242. The van der Waals surface area contributed by atoms with Crippen molar-refractivity contribution in [1.29, 1.82) is 0 Å². The molecule has 1 saturated heterocycles. The molecule has 15 heavy (non-hydrogen) atoms. The highest BCUT2D eigenvalue weighted by Crippen LogP contribution is 2.08. The quantitative estimate of drug-likeness (QED) is 0.409. The monoisotopic (exact) mass is 230 g/mol. The van der Waals surface area contributed by atoms with Crippen molar-refractivity contribution in [3.05, 3.63) is 0 Å². The highest BCUT2D eigenvalue weighted by atomic mass is 32.2. The van der Waals surface area contributed by atoms with Gasteiger partial charge in [-0.3, -0.25) is 9.89 Å². The van der Waals surface area contributed by atoms with E-state index in [1.807, 2.05) is 11.8 Å². The Morgan fingerprint density at radius 2 is 1.87 bits per heavy atom. The van der Waals surface area contributed by atoms with Crippen LogP contribution in [0.4, 0.5) is 0 Å². The molecule has 0 aromatic rings. The first kappa shape index (κ1) is 12.1. The van der Waals surface area contributed by atoms with Crippen LogP contribution in [0.25, 0.3) is 0 Å².